The normalized spacial score (nSPS) is 24.2. The topological polar surface area (TPSA) is 77.1 Å². The number of likely N-dealkylation sites (tertiary alicyclic amines) is 1. The van der Waals surface area contributed by atoms with Crippen LogP contribution < -0.4 is 4.89 Å². The van der Waals surface area contributed by atoms with E-state index in [4.69, 9.17) is 18.5 Å². The summed E-state index contributed by atoms with van der Waals surface area (Å²) >= 11 is 0. The highest BCUT2D eigenvalue weighted by Crippen LogP contribution is 2.48. The summed E-state index contributed by atoms with van der Waals surface area (Å²) in [5.41, 5.74) is 0. The first kappa shape index (κ1) is 32.2. The van der Waals surface area contributed by atoms with Gasteiger partial charge < -0.3 is 23.4 Å². The van der Waals surface area contributed by atoms with Crippen LogP contribution in [0.1, 0.15) is 122 Å². The first-order valence-corrected chi connectivity index (χ1v) is 16.5. The maximum atomic E-state index is 12.6. The van der Waals surface area contributed by atoms with Crippen LogP contribution in [0.25, 0.3) is 0 Å². The van der Waals surface area contributed by atoms with Gasteiger partial charge in [-0.1, -0.05) is 90.4 Å². The first-order chi connectivity index (χ1) is 17.3. The number of hydrogen-bond acceptors (Lipinski definition) is 6. The summed E-state index contributed by atoms with van der Waals surface area (Å²) in [6.07, 6.45) is 20.9. The molecular weight excluding hydrogens is 477 g/mol. The number of hydrogen-bond donors (Lipinski definition) is 0. The van der Waals surface area contributed by atoms with Crippen LogP contribution in [0.5, 0.6) is 0 Å². The third-order valence-electron chi connectivity index (χ3n) is 7.70. The Bertz CT molecular complexity index is 601. The summed E-state index contributed by atoms with van der Waals surface area (Å²) in [5.74, 6) is -1.22. The molecule has 0 radical (unpaired) electrons. The molecule has 0 aromatic carbocycles. The monoisotopic (exact) mass is 533 g/mol. The highest BCUT2D eigenvalue weighted by Gasteiger charge is 2.41. The molecule has 7 nitrogen and oxygen atoms in total. The van der Waals surface area contributed by atoms with E-state index in [-0.39, 0.29) is 12.7 Å². The highest BCUT2D eigenvalue weighted by atomic mass is 31.2. The molecule has 36 heavy (non-hydrogen) atoms. The molecule has 0 spiro atoms. The predicted octanol–water partition coefficient (Wildman–Crippen LogP) is 6.73. The zero-order valence-corrected chi connectivity index (χ0v) is 24.6. The third-order valence-corrected chi connectivity index (χ3v) is 8.81. The van der Waals surface area contributed by atoms with Crippen LogP contribution in [-0.4, -0.2) is 63.4 Å². The number of unbranched alkanes of at least 4 members (excludes halogenated alkanes) is 13. The Morgan fingerprint density at radius 2 is 1.42 bits per heavy atom. The Morgan fingerprint density at radius 3 is 1.92 bits per heavy atom. The molecule has 2 rings (SSSR count). The lowest BCUT2D eigenvalue weighted by molar-refractivity contribution is -0.896. The van der Waals surface area contributed by atoms with Crippen LogP contribution in [-0.2, 0) is 23.1 Å². The van der Waals surface area contributed by atoms with Crippen LogP contribution in [0.2, 0.25) is 0 Å². The molecule has 214 valence electrons. The Labute approximate surface area is 221 Å². The maximum absolute atomic E-state index is 12.6. The van der Waals surface area contributed by atoms with Crippen molar-refractivity contribution in [1.82, 2.24) is 0 Å². The average molecular weight is 534 g/mol. The maximum Gasteiger partial charge on any atom is 0.270 e. The summed E-state index contributed by atoms with van der Waals surface area (Å²) in [6, 6.07) is 0. The van der Waals surface area contributed by atoms with Gasteiger partial charge in [-0.3, -0.25) is 9.09 Å². The van der Waals surface area contributed by atoms with Crippen molar-refractivity contribution in [2.45, 2.75) is 134 Å². The molecule has 0 N–H and O–H groups in total. The van der Waals surface area contributed by atoms with Crippen molar-refractivity contribution in [3.05, 3.63) is 0 Å². The standard InChI is InChI=1S/C28H56NO6P/c1-4-5-6-7-8-9-10-11-12-13-14-15-16-17-24-32-26-28(21-18-25-33-28)35-36(30,31)34-27-19-22-29(2,3)23-20-27/h27H,4-26H2,1-3H3. The fourth-order valence-electron chi connectivity index (χ4n) is 5.27. The van der Waals surface area contributed by atoms with E-state index in [1.54, 1.807) is 0 Å². The minimum Gasteiger partial charge on any atom is -0.756 e. The van der Waals surface area contributed by atoms with Gasteiger partial charge in [-0.15, -0.1) is 0 Å². The molecule has 2 saturated heterocycles. The van der Waals surface area contributed by atoms with Gasteiger partial charge >= 0.3 is 0 Å². The van der Waals surface area contributed by atoms with E-state index in [0.717, 1.165) is 36.8 Å². The molecule has 0 bridgehead atoms. The lowest BCUT2D eigenvalue weighted by atomic mass is 10.0. The van der Waals surface area contributed by atoms with E-state index in [0.29, 0.717) is 32.5 Å². The number of piperidine rings is 1. The van der Waals surface area contributed by atoms with Crippen molar-refractivity contribution >= 4 is 7.82 Å². The van der Waals surface area contributed by atoms with Crippen molar-refractivity contribution in [3.63, 3.8) is 0 Å². The van der Waals surface area contributed by atoms with E-state index in [1.165, 1.54) is 77.0 Å². The zero-order chi connectivity index (χ0) is 26.2. The Kier molecular flexibility index (Phi) is 15.7. The van der Waals surface area contributed by atoms with Gasteiger partial charge in [0.2, 0.25) is 0 Å². The van der Waals surface area contributed by atoms with Gasteiger partial charge in [0.1, 0.15) is 6.61 Å². The van der Waals surface area contributed by atoms with E-state index < -0.39 is 13.6 Å². The summed E-state index contributed by atoms with van der Waals surface area (Å²) in [5, 5.41) is 0. The summed E-state index contributed by atoms with van der Waals surface area (Å²) < 4.78 is 36.0. The predicted molar refractivity (Wildman–Crippen MR) is 144 cm³/mol. The number of ether oxygens (including phenoxy) is 2. The highest BCUT2D eigenvalue weighted by molar-refractivity contribution is 7.45. The van der Waals surface area contributed by atoms with E-state index in [1.807, 2.05) is 0 Å². The second kappa shape index (κ2) is 17.6. The molecule has 0 saturated carbocycles. The third kappa shape index (κ3) is 14.2. The van der Waals surface area contributed by atoms with Crippen LogP contribution in [0, 0.1) is 0 Å². The molecule has 2 unspecified atom stereocenters. The van der Waals surface area contributed by atoms with Crippen molar-refractivity contribution in [2.75, 3.05) is 47.0 Å². The second-order valence-electron chi connectivity index (χ2n) is 11.7. The van der Waals surface area contributed by atoms with Gasteiger partial charge in [-0.2, -0.15) is 0 Å². The van der Waals surface area contributed by atoms with E-state index >= 15 is 0 Å². The van der Waals surface area contributed by atoms with Crippen molar-refractivity contribution in [1.29, 1.82) is 0 Å². The molecule has 0 aromatic rings. The number of phosphoric ester groups is 1. The van der Waals surface area contributed by atoms with Crippen molar-refractivity contribution < 1.29 is 32.5 Å². The molecule has 0 amide bonds. The minimum atomic E-state index is -4.47. The van der Waals surface area contributed by atoms with Crippen LogP contribution >= 0.6 is 7.82 Å². The largest absolute Gasteiger partial charge is 0.756 e. The minimum absolute atomic E-state index is 0.135. The number of phosphoric acid groups is 1. The van der Waals surface area contributed by atoms with Gasteiger partial charge in [-0.25, -0.2) is 0 Å². The average Bonchev–Trinajstić information content (AvgIpc) is 3.27. The van der Waals surface area contributed by atoms with Crippen molar-refractivity contribution in [3.8, 4) is 0 Å². The summed E-state index contributed by atoms with van der Waals surface area (Å²) in [7, 11) is -0.165. The molecule has 2 fully saturated rings. The van der Waals surface area contributed by atoms with Crippen LogP contribution in [0.3, 0.4) is 0 Å². The first-order valence-electron chi connectivity index (χ1n) is 15.0. The van der Waals surface area contributed by atoms with Gasteiger partial charge in [0.15, 0.2) is 5.79 Å². The zero-order valence-electron chi connectivity index (χ0n) is 23.7. The van der Waals surface area contributed by atoms with Crippen LogP contribution in [0.15, 0.2) is 0 Å². The van der Waals surface area contributed by atoms with E-state index in [2.05, 4.69) is 21.0 Å². The Hall–Kier alpha value is -0.0100. The fourth-order valence-corrected chi connectivity index (χ4v) is 6.49. The Balaban J connectivity index is 1.49. The molecule has 0 aromatic heterocycles. The van der Waals surface area contributed by atoms with Gasteiger partial charge in [0, 0.05) is 25.9 Å². The molecule has 8 heteroatoms. The molecule has 2 heterocycles. The summed E-state index contributed by atoms with van der Waals surface area (Å²) in [6.45, 7) is 5.29. The molecule has 2 aliphatic heterocycles. The van der Waals surface area contributed by atoms with E-state index in [9.17, 15) is 9.46 Å². The molecular formula is C28H56NO6P. The number of rotatable bonds is 21. The molecule has 2 atom stereocenters. The van der Waals surface area contributed by atoms with Gasteiger partial charge in [0.05, 0.1) is 39.9 Å². The van der Waals surface area contributed by atoms with Crippen molar-refractivity contribution in [2.24, 2.45) is 0 Å². The van der Waals surface area contributed by atoms with Gasteiger partial charge in [-0.05, 0) is 12.8 Å². The quantitative estimate of drug-likeness (QED) is 0.0925. The van der Waals surface area contributed by atoms with Gasteiger partial charge in [0.25, 0.3) is 7.82 Å². The lowest BCUT2D eigenvalue weighted by Gasteiger charge is -2.40. The SMILES string of the molecule is CCCCCCCCCCCCCCCCOCC1(OP(=O)([O-])OC2CC[N+](C)(C)CC2)CCCO1. The Morgan fingerprint density at radius 1 is 0.889 bits per heavy atom. The molecule has 2 aliphatic rings. The lowest BCUT2D eigenvalue weighted by Crippen LogP contribution is -2.48. The number of nitrogens with zero attached hydrogens (tertiary/aromatic N) is 1. The van der Waals surface area contributed by atoms with Crippen LogP contribution in [0.4, 0.5) is 0 Å². The smallest absolute Gasteiger partial charge is 0.270 e. The summed E-state index contributed by atoms with van der Waals surface area (Å²) in [4.78, 5) is 12.6. The number of quaternary nitrogens is 1. The second-order valence-corrected chi connectivity index (χ2v) is 13.0. The molecule has 0 aliphatic carbocycles. The fraction of sp³-hybridized carbons (Fsp3) is 1.00.